The van der Waals surface area contributed by atoms with Crippen molar-refractivity contribution >= 4 is 0 Å². The summed E-state index contributed by atoms with van der Waals surface area (Å²) in [7, 11) is 4.38. The molecule has 0 bridgehead atoms. The predicted molar refractivity (Wildman–Crippen MR) is 77.9 cm³/mol. The van der Waals surface area contributed by atoms with Gasteiger partial charge in [0.05, 0.1) is 0 Å². The molecule has 0 spiro atoms. The molecule has 2 heterocycles. The fraction of sp³-hybridized carbons (Fsp3) is 1.00. The zero-order valence-corrected chi connectivity index (χ0v) is 12.7. The van der Waals surface area contributed by atoms with Gasteiger partial charge in [0.25, 0.3) is 0 Å². The minimum absolute atomic E-state index is 0.713. The fourth-order valence-electron chi connectivity index (χ4n) is 3.86. The summed E-state index contributed by atoms with van der Waals surface area (Å²) in [5.41, 5.74) is 0. The molecule has 0 aromatic carbocycles. The van der Waals surface area contributed by atoms with Crippen molar-refractivity contribution in [1.29, 1.82) is 0 Å². The van der Waals surface area contributed by atoms with E-state index in [4.69, 9.17) is 0 Å². The largest absolute Gasteiger partial charge is 0.317 e. The minimum Gasteiger partial charge on any atom is -0.317 e. The van der Waals surface area contributed by atoms with Gasteiger partial charge in [-0.2, -0.15) is 0 Å². The van der Waals surface area contributed by atoms with Crippen LogP contribution in [0.1, 0.15) is 33.1 Å². The lowest BCUT2D eigenvalue weighted by molar-refractivity contribution is 0.0574. The SMILES string of the molecule is CNC1CCN(CC2CCCN(C)C2)C(C)C1C. The average Bonchev–Trinajstić information content (AvgIpc) is 2.35. The minimum atomic E-state index is 0.713. The van der Waals surface area contributed by atoms with Gasteiger partial charge in [0.15, 0.2) is 0 Å². The second-order valence-electron chi connectivity index (χ2n) is 6.55. The first-order valence-corrected chi connectivity index (χ1v) is 7.71. The van der Waals surface area contributed by atoms with Crippen LogP contribution < -0.4 is 5.32 Å². The smallest absolute Gasteiger partial charge is 0.0117 e. The molecule has 18 heavy (non-hydrogen) atoms. The summed E-state index contributed by atoms with van der Waals surface area (Å²) in [6.45, 7) is 10.0. The molecule has 3 nitrogen and oxygen atoms in total. The number of likely N-dealkylation sites (tertiary alicyclic amines) is 2. The van der Waals surface area contributed by atoms with Crippen molar-refractivity contribution in [2.45, 2.75) is 45.2 Å². The molecule has 2 aliphatic heterocycles. The predicted octanol–water partition coefficient (Wildman–Crippen LogP) is 1.65. The number of hydrogen-bond donors (Lipinski definition) is 1. The third-order valence-corrected chi connectivity index (χ3v) is 5.28. The summed E-state index contributed by atoms with van der Waals surface area (Å²) in [6.07, 6.45) is 4.13. The number of nitrogens with one attached hydrogen (secondary N) is 1. The van der Waals surface area contributed by atoms with E-state index in [0.29, 0.717) is 6.04 Å². The van der Waals surface area contributed by atoms with Crippen LogP contribution in [0, 0.1) is 11.8 Å². The van der Waals surface area contributed by atoms with E-state index >= 15 is 0 Å². The van der Waals surface area contributed by atoms with Crippen LogP contribution in [0.15, 0.2) is 0 Å². The highest BCUT2D eigenvalue weighted by Crippen LogP contribution is 2.26. The van der Waals surface area contributed by atoms with E-state index in [1.165, 1.54) is 45.4 Å². The van der Waals surface area contributed by atoms with Crippen molar-refractivity contribution < 1.29 is 0 Å². The van der Waals surface area contributed by atoms with Crippen LogP contribution >= 0.6 is 0 Å². The molecule has 3 heteroatoms. The molecular weight excluding hydrogens is 222 g/mol. The average molecular weight is 253 g/mol. The highest BCUT2D eigenvalue weighted by molar-refractivity contribution is 4.89. The Kier molecular flexibility index (Phi) is 5.05. The third kappa shape index (κ3) is 3.25. The molecule has 0 aromatic rings. The maximum absolute atomic E-state index is 3.48. The van der Waals surface area contributed by atoms with Crippen molar-refractivity contribution in [3.63, 3.8) is 0 Å². The molecule has 0 aromatic heterocycles. The topological polar surface area (TPSA) is 18.5 Å². The van der Waals surface area contributed by atoms with Crippen LogP contribution in [0.2, 0.25) is 0 Å². The molecule has 1 N–H and O–H groups in total. The number of piperidine rings is 2. The van der Waals surface area contributed by atoms with Crippen LogP contribution in [-0.2, 0) is 0 Å². The van der Waals surface area contributed by atoms with Crippen molar-refractivity contribution in [3.05, 3.63) is 0 Å². The van der Waals surface area contributed by atoms with Crippen LogP contribution in [0.3, 0.4) is 0 Å². The van der Waals surface area contributed by atoms with Gasteiger partial charge in [-0.3, -0.25) is 4.90 Å². The molecule has 0 saturated carbocycles. The molecule has 106 valence electrons. The molecule has 0 amide bonds. The van der Waals surface area contributed by atoms with Crippen LogP contribution in [0.5, 0.6) is 0 Å². The molecule has 2 aliphatic rings. The van der Waals surface area contributed by atoms with E-state index in [1.54, 1.807) is 0 Å². The molecule has 0 radical (unpaired) electrons. The van der Waals surface area contributed by atoms with Crippen molar-refractivity contribution in [1.82, 2.24) is 15.1 Å². The van der Waals surface area contributed by atoms with E-state index in [-0.39, 0.29) is 0 Å². The van der Waals surface area contributed by atoms with Crippen molar-refractivity contribution in [3.8, 4) is 0 Å². The van der Waals surface area contributed by atoms with Gasteiger partial charge in [-0.1, -0.05) is 6.92 Å². The zero-order valence-electron chi connectivity index (χ0n) is 12.7. The monoisotopic (exact) mass is 253 g/mol. The van der Waals surface area contributed by atoms with Gasteiger partial charge >= 0.3 is 0 Å². The molecular formula is C15H31N3. The van der Waals surface area contributed by atoms with Gasteiger partial charge in [0.2, 0.25) is 0 Å². The molecule has 4 atom stereocenters. The second kappa shape index (κ2) is 6.36. The van der Waals surface area contributed by atoms with E-state index < -0.39 is 0 Å². The summed E-state index contributed by atoms with van der Waals surface area (Å²) < 4.78 is 0. The van der Waals surface area contributed by atoms with Gasteiger partial charge in [0.1, 0.15) is 0 Å². The fourth-order valence-corrected chi connectivity index (χ4v) is 3.86. The zero-order chi connectivity index (χ0) is 13.1. The highest BCUT2D eigenvalue weighted by Gasteiger charge is 2.32. The lowest BCUT2D eigenvalue weighted by Crippen LogP contribution is -2.54. The molecule has 2 rings (SSSR count). The van der Waals surface area contributed by atoms with Gasteiger partial charge in [-0.15, -0.1) is 0 Å². The summed E-state index contributed by atoms with van der Waals surface area (Å²) in [5, 5.41) is 3.48. The summed E-state index contributed by atoms with van der Waals surface area (Å²) >= 11 is 0. The van der Waals surface area contributed by atoms with Gasteiger partial charge in [-0.25, -0.2) is 0 Å². The van der Waals surface area contributed by atoms with Gasteiger partial charge in [0, 0.05) is 25.2 Å². The first-order valence-electron chi connectivity index (χ1n) is 7.71. The first-order chi connectivity index (χ1) is 8.61. The lowest BCUT2D eigenvalue weighted by Gasteiger charge is -2.45. The Bertz CT molecular complexity index is 256. The van der Waals surface area contributed by atoms with Crippen molar-refractivity contribution in [2.75, 3.05) is 40.3 Å². The van der Waals surface area contributed by atoms with E-state index in [1.807, 2.05) is 0 Å². The van der Waals surface area contributed by atoms with Gasteiger partial charge < -0.3 is 10.2 Å². The van der Waals surface area contributed by atoms with Crippen molar-refractivity contribution in [2.24, 2.45) is 11.8 Å². The molecule has 2 fully saturated rings. The third-order valence-electron chi connectivity index (χ3n) is 5.28. The van der Waals surface area contributed by atoms with Gasteiger partial charge in [-0.05, 0) is 65.2 Å². The maximum Gasteiger partial charge on any atom is 0.0117 e. The first kappa shape index (κ1) is 14.3. The highest BCUT2D eigenvalue weighted by atomic mass is 15.2. The Morgan fingerprint density at radius 1 is 1.17 bits per heavy atom. The lowest BCUT2D eigenvalue weighted by atomic mass is 9.86. The summed E-state index contributed by atoms with van der Waals surface area (Å²) in [6, 6.07) is 1.44. The normalized spacial score (nSPS) is 40.0. The Morgan fingerprint density at radius 3 is 2.61 bits per heavy atom. The number of nitrogens with zero attached hydrogens (tertiary/aromatic N) is 2. The Hall–Kier alpha value is -0.120. The Morgan fingerprint density at radius 2 is 1.94 bits per heavy atom. The molecule has 4 unspecified atom stereocenters. The van der Waals surface area contributed by atoms with Crippen LogP contribution in [-0.4, -0.2) is 62.2 Å². The quantitative estimate of drug-likeness (QED) is 0.825. The summed E-state index contributed by atoms with van der Waals surface area (Å²) in [5.74, 6) is 1.66. The van der Waals surface area contributed by atoms with E-state index in [0.717, 1.165) is 17.9 Å². The van der Waals surface area contributed by atoms with Crippen LogP contribution in [0.4, 0.5) is 0 Å². The van der Waals surface area contributed by atoms with E-state index in [9.17, 15) is 0 Å². The second-order valence-corrected chi connectivity index (χ2v) is 6.55. The Labute approximate surface area is 113 Å². The van der Waals surface area contributed by atoms with Crippen LogP contribution in [0.25, 0.3) is 0 Å². The molecule has 0 aliphatic carbocycles. The standard InChI is InChI=1S/C15H31N3/c1-12-13(2)18(9-7-15(12)16-3)11-14-6-5-8-17(4)10-14/h12-16H,5-11H2,1-4H3. The number of hydrogen-bond acceptors (Lipinski definition) is 3. The summed E-state index contributed by atoms with van der Waals surface area (Å²) in [4.78, 5) is 5.24. The molecule has 2 saturated heterocycles. The number of rotatable bonds is 3. The van der Waals surface area contributed by atoms with E-state index in [2.05, 4.69) is 43.1 Å². The Balaban J connectivity index is 1.86. The maximum atomic E-state index is 3.48.